The van der Waals surface area contributed by atoms with Crippen molar-refractivity contribution in [3.63, 3.8) is 0 Å². The van der Waals surface area contributed by atoms with E-state index in [1.54, 1.807) is 6.07 Å². The number of hydrogen-bond acceptors (Lipinski definition) is 5. The van der Waals surface area contributed by atoms with Crippen LogP contribution in [0.5, 0.6) is 0 Å². The van der Waals surface area contributed by atoms with Crippen LogP contribution >= 0.6 is 0 Å². The third-order valence-electron chi connectivity index (χ3n) is 6.44. The highest BCUT2D eigenvalue weighted by Gasteiger charge is 2.23. The second-order valence-corrected chi connectivity index (χ2v) is 9.14. The van der Waals surface area contributed by atoms with Gasteiger partial charge in [0.05, 0.1) is 22.3 Å². The van der Waals surface area contributed by atoms with Gasteiger partial charge in [0.1, 0.15) is 17.7 Å². The number of carboxylic acid groups (broad SMARTS) is 1. The second kappa shape index (κ2) is 10.7. The van der Waals surface area contributed by atoms with Crippen LogP contribution in [0, 0.1) is 5.82 Å². The molecule has 0 saturated carbocycles. The third kappa shape index (κ3) is 5.58. The van der Waals surface area contributed by atoms with Gasteiger partial charge in [0, 0.05) is 31.2 Å². The predicted octanol–water partition coefficient (Wildman–Crippen LogP) is 5.06. The minimum absolute atomic E-state index is 0.0441. The summed E-state index contributed by atoms with van der Waals surface area (Å²) in [6.45, 7) is 0. The number of rotatable bonds is 9. The average molecular weight is 500 g/mol. The Morgan fingerprint density at radius 2 is 1.84 bits per heavy atom. The molecule has 0 fully saturated rings. The van der Waals surface area contributed by atoms with Crippen LogP contribution in [0.15, 0.2) is 82.7 Å². The number of benzene rings is 3. The molecule has 0 aliphatic carbocycles. The van der Waals surface area contributed by atoms with Gasteiger partial charge in [-0.3, -0.25) is 14.2 Å². The normalized spacial score (nSPS) is 14.9. The summed E-state index contributed by atoms with van der Waals surface area (Å²) in [5.74, 6) is -0.765. The van der Waals surface area contributed by atoms with Gasteiger partial charge in [0.25, 0.3) is 5.56 Å². The number of unbranched alkanes of at least 4 members (excludes halogenated alkanes) is 1. The minimum Gasteiger partial charge on any atom is -0.481 e. The van der Waals surface area contributed by atoms with Crippen molar-refractivity contribution in [2.75, 3.05) is 0 Å². The summed E-state index contributed by atoms with van der Waals surface area (Å²) in [7, 11) is 0. The molecule has 2 heterocycles. The molecule has 0 radical (unpaired) electrons. The molecule has 37 heavy (non-hydrogen) atoms. The van der Waals surface area contributed by atoms with Gasteiger partial charge in [-0.05, 0) is 54.8 Å². The smallest absolute Gasteiger partial charge is 0.303 e. The molecule has 8 heteroatoms. The van der Waals surface area contributed by atoms with Crippen LogP contribution in [-0.2, 0) is 22.5 Å². The largest absolute Gasteiger partial charge is 0.481 e. The molecule has 3 aromatic carbocycles. The van der Waals surface area contributed by atoms with Gasteiger partial charge >= 0.3 is 5.97 Å². The van der Waals surface area contributed by atoms with Crippen molar-refractivity contribution in [2.45, 2.75) is 44.6 Å². The van der Waals surface area contributed by atoms with Crippen LogP contribution in [-0.4, -0.2) is 32.4 Å². The van der Waals surface area contributed by atoms with E-state index >= 15 is 0 Å². The Balaban J connectivity index is 1.45. The van der Waals surface area contributed by atoms with Crippen LogP contribution in [0.2, 0.25) is 0 Å². The zero-order valence-corrected chi connectivity index (χ0v) is 20.1. The van der Waals surface area contributed by atoms with Crippen LogP contribution in [0.1, 0.15) is 42.6 Å². The molecule has 1 aliphatic heterocycles. The first-order chi connectivity index (χ1) is 18.0. The van der Waals surface area contributed by atoms with Crippen molar-refractivity contribution in [3.05, 3.63) is 106 Å². The maximum atomic E-state index is 13.5. The third-order valence-corrected chi connectivity index (χ3v) is 6.44. The number of oxime groups is 1. The Kier molecular flexibility index (Phi) is 7.07. The summed E-state index contributed by atoms with van der Waals surface area (Å²) >= 11 is 0. The van der Waals surface area contributed by atoms with Gasteiger partial charge in [0.2, 0.25) is 0 Å². The molecule has 1 atom stereocenters. The molecule has 0 unspecified atom stereocenters. The minimum atomic E-state index is -0.864. The number of aromatic nitrogens is 2. The van der Waals surface area contributed by atoms with Crippen LogP contribution in [0.3, 0.4) is 0 Å². The van der Waals surface area contributed by atoms with Gasteiger partial charge in [-0.1, -0.05) is 41.6 Å². The number of halogens is 1. The Morgan fingerprint density at radius 1 is 1.05 bits per heavy atom. The lowest BCUT2D eigenvalue weighted by Crippen LogP contribution is -2.24. The molecule has 0 saturated heterocycles. The van der Waals surface area contributed by atoms with E-state index in [4.69, 9.17) is 14.9 Å². The summed E-state index contributed by atoms with van der Waals surface area (Å²) in [5.41, 5.74) is 3.60. The molecular formula is C29H26FN3O4. The number of carbonyl (C=O) groups is 1. The molecule has 1 aromatic heterocycles. The lowest BCUT2D eigenvalue weighted by Gasteiger charge is -2.14. The van der Waals surface area contributed by atoms with Crippen molar-refractivity contribution in [3.8, 4) is 5.69 Å². The van der Waals surface area contributed by atoms with Crippen LogP contribution < -0.4 is 5.56 Å². The van der Waals surface area contributed by atoms with Crippen molar-refractivity contribution >= 4 is 22.6 Å². The fourth-order valence-electron chi connectivity index (χ4n) is 4.58. The Morgan fingerprint density at radius 3 is 2.59 bits per heavy atom. The molecule has 0 bridgehead atoms. The maximum absolute atomic E-state index is 13.5. The Hall–Kier alpha value is -4.33. The maximum Gasteiger partial charge on any atom is 0.303 e. The number of aliphatic carboxylic acids is 1. The zero-order valence-electron chi connectivity index (χ0n) is 20.1. The van der Waals surface area contributed by atoms with E-state index in [2.05, 4.69) is 17.3 Å². The first-order valence-electron chi connectivity index (χ1n) is 12.3. The molecule has 0 spiro atoms. The van der Waals surface area contributed by atoms with E-state index < -0.39 is 11.8 Å². The highest BCUT2D eigenvalue weighted by Crippen LogP contribution is 2.23. The fraction of sp³-hybridized carbons (Fsp3) is 0.241. The quantitative estimate of drug-likeness (QED) is 0.325. The molecule has 1 aliphatic rings. The number of nitrogens with zero attached hydrogens (tertiary/aromatic N) is 3. The van der Waals surface area contributed by atoms with E-state index in [-0.39, 0.29) is 18.1 Å². The summed E-state index contributed by atoms with van der Waals surface area (Å²) in [6.07, 6.45) is 2.80. The molecule has 0 amide bonds. The SMILES string of the molecule is O=C(O)CCCCc1nc2cc(C3=NO[C@@H](Cc4ccccc4)C3)ccc2c(=O)n1-c1ccc(F)cc1. The van der Waals surface area contributed by atoms with Crippen LogP contribution in [0.25, 0.3) is 16.6 Å². The van der Waals surface area contributed by atoms with Crippen LogP contribution in [0.4, 0.5) is 4.39 Å². The topological polar surface area (TPSA) is 93.8 Å². The summed E-state index contributed by atoms with van der Waals surface area (Å²) in [6, 6.07) is 21.2. The van der Waals surface area contributed by atoms with Crippen molar-refractivity contribution in [2.24, 2.45) is 5.16 Å². The molecule has 7 nitrogen and oxygen atoms in total. The summed E-state index contributed by atoms with van der Waals surface area (Å²) < 4.78 is 15.0. The molecule has 5 rings (SSSR count). The average Bonchev–Trinajstić information content (AvgIpc) is 3.36. The number of hydrogen-bond donors (Lipinski definition) is 1. The van der Waals surface area contributed by atoms with Crippen molar-refractivity contribution in [1.82, 2.24) is 9.55 Å². The molecule has 1 N–H and O–H groups in total. The van der Waals surface area contributed by atoms with Gasteiger partial charge in [-0.2, -0.15) is 0 Å². The number of carboxylic acids is 1. The van der Waals surface area contributed by atoms with Crippen molar-refractivity contribution < 1.29 is 19.1 Å². The highest BCUT2D eigenvalue weighted by molar-refractivity contribution is 6.03. The van der Waals surface area contributed by atoms with E-state index in [1.807, 2.05) is 30.3 Å². The highest BCUT2D eigenvalue weighted by atomic mass is 19.1. The lowest BCUT2D eigenvalue weighted by molar-refractivity contribution is -0.137. The lowest BCUT2D eigenvalue weighted by atomic mass is 9.99. The predicted molar refractivity (Wildman–Crippen MR) is 139 cm³/mol. The van der Waals surface area contributed by atoms with Gasteiger partial charge in [0.15, 0.2) is 0 Å². The summed E-state index contributed by atoms with van der Waals surface area (Å²) in [4.78, 5) is 34.9. The first kappa shape index (κ1) is 24.4. The summed E-state index contributed by atoms with van der Waals surface area (Å²) in [5, 5.41) is 13.7. The molecule has 188 valence electrons. The van der Waals surface area contributed by atoms with E-state index in [0.717, 1.165) is 17.7 Å². The fourth-order valence-corrected chi connectivity index (χ4v) is 4.58. The van der Waals surface area contributed by atoms with E-state index in [9.17, 15) is 14.0 Å². The number of fused-ring (bicyclic) bond motifs is 1. The molecular weight excluding hydrogens is 473 g/mol. The van der Waals surface area contributed by atoms with Gasteiger partial charge in [-0.25, -0.2) is 9.37 Å². The van der Waals surface area contributed by atoms with Crippen molar-refractivity contribution in [1.29, 1.82) is 0 Å². The number of aryl methyl sites for hydroxylation is 1. The van der Waals surface area contributed by atoms with E-state index in [0.29, 0.717) is 48.1 Å². The molecule has 4 aromatic rings. The monoisotopic (exact) mass is 499 g/mol. The Bertz CT molecular complexity index is 1510. The van der Waals surface area contributed by atoms with E-state index in [1.165, 1.54) is 34.4 Å². The first-order valence-corrected chi connectivity index (χ1v) is 12.3. The standard InChI is InChI=1S/C29H26FN3O4/c30-21-11-13-22(14-12-21)33-27(8-4-5-9-28(34)35)31-26-17-20(10-15-24(26)29(33)36)25-18-23(37-32-25)16-19-6-2-1-3-7-19/h1-3,6-7,10-15,17,23H,4-5,8-9,16,18H2,(H,34,35)/t23-/m0/s1. The van der Waals surface area contributed by atoms with Gasteiger partial charge < -0.3 is 9.94 Å². The van der Waals surface area contributed by atoms with Gasteiger partial charge in [-0.15, -0.1) is 0 Å². The zero-order chi connectivity index (χ0) is 25.8. The Labute approximate surface area is 212 Å². The second-order valence-electron chi connectivity index (χ2n) is 9.14.